The van der Waals surface area contributed by atoms with Crippen LogP contribution in [0.15, 0.2) is 17.1 Å². The molecule has 2 aliphatic rings. The number of piperidine rings is 1. The molecule has 2 atom stereocenters. The minimum atomic E-state index is 0.402. The van der Waals surface area contributed by atoms with Crippen LogP contribution in [-0.2, 0) is 0 Å². The normalized spacial score (nSPS) is 36.4. The highest BCUT2D eigenvalue weighted by molar-refractivity contribution is 5.71. The summed E-state index contributed by atoms with van der Waals surface area (Å²) in [7, 11) is 0. The van der Waals surface area contributed by atoms with Gasteiger partial charge >= 0.3 is 0 Å². The molecule has 0 bridgehead atoms. The number of aliphatic imine (C=N–C) groups is 1. The average molecular weight is 150 g/mol. The van der Waals surface area contributed by atoms with Crippen molar-refractivity contribution in [1.29, 1.82) is 0 Å². The van der Waals surface area contributed by atoms with Crippen molar-refractivity contribution in [3.05, 3.63) is 12.2 Å². The highest BCUT2D eigenvalue weighted by Crippen LogP contribution is 2.22. The summed E-state index contributed by atoms with van der Waals surface area (Å²) < 4.78 is 0. The molecule has 2 heterocycles. The van der Waals surface area contributed by atoms with Crippen molar-refractivity contribution in [2.75, 3.05) is 6.54 Å². The molecule has 60 valence electrons. The zero-order chi connectivity index (χ0) is 7.52. The largest absolute Gasteiger partial charge is 0.296 e. The van der Waals surface area contributed by atoms with Gasteiger partial charge in [-0.15, -0.1) is 0 Å². The third-order valence-electron chi connectivity index (χ3n) is 2.46. The maximum Gasteiger partial charge on any atom is 0.103 e. The monoisotopic (exact) mass is 150 g/mol. The standard InChI is InChI=1S/C9H14N2/c1-2-6-10-9-8(4-1)5-3-7-11-9/h1-2,6,8-9,11H,3-5,7H2. The van der Waals surface area contributed by atoms with Gasteiger partial charge in [0.2, 0.25) is 0 Å². The lowest BCUT2D eigenvalue weighted by atomic mass is 9.93. The van der Waals surface area contributed by atoms with Gasteiger partial charge in [-0.05, 0) is 37.8 Å². The molecule has 1 fully saturated rings. The molecule has 0 amide bonds. The molecule has 0 spiro atoms. The van der Waals surface area contributed by atoms with Crippen molar-refractivity contribution in [2.45, 2.75) is 25.4 Å². The second-order valence-corrected chi connectivity index (χ2v) is 3.26. The van der Waals surface area contributed by atoms with E-state index in [9.17, 15) is 0 Å². The molecule has 2 unspecified atom stereocenters. The second kappa shape index (κ2) is 3.18. The highest BCUT2D eigenvalue weighted by Gasteiger charge is 2.22. The summed E-state index contributed by atoms with van der Waals surface area (Å²) in [5.41, 5.74) is 0. The zero-order valence-electron chi connectivity index (χ0n) is 6.66. The number of nitrogens with zero attached hydrogens (tertiary/aromatic N) is 1. The Morgan fingerprint density at radius 1 is 1.45 bits per heavy atom. The molecule has 0 aromatic rings. The van der Waals surface area contributed by atoms with Crippen molar-refractivity contribution in [3.63, 3.8) is 0 Å². The van der Waals surface area contributed by atoms with Gasteiger partial charge in [0, 0.05) is 6.21 Å². The third kappa shape index (κ3) is 1.51. The Kier molecular flexibility index (Phi) is 2.04. The van der Waals surface area contributed by atoms with E-state index >= 15 is 0 Å². The number of hydrogen-bond donors (Lipinski definition) is 1. The van der Waals surface area contributed by atoms with Gasteiger partial charge in [0.25, 0.3) is 0 Å². The van der Waals surface area contributed by atoms with E-state index in [1.165, 1.54) is 19.3 Å². The Hall–Kier alpha value is -0.630. The molecule has 11 heavy (non-hydrogen) atoms. The summed E-state index contributed by atoms with van der Waals surface area (Å²) >= 11 is 0. The van der Waals surface area contributed by atoms with Gasteiger partial charge in [0.1, 0.15) is 6.17 Å². The SMILES string of the molecule is C1=CCC2CCCNC2N=C1. The Bertz CT molecular complexity index is 184. The van der Waals surface area contributed by atoms with Gasteiger partial charge in [-0.3, -0.25) is 10.3 Å². The molecule has 0 radical (unpaired) electrons. The maximum absolute atomic E-state index is 4.42. The number of allylic oxidation sites excluding steroid dienone is 2. The quantitative estimate of drug-likeness (QED) is 0.553. The first-order chi connectivity index (χ1) is 5.47. The Labute approximate surface area is 67.4 Å². The van der Waals surface area contributed by atoms with Crippen molar-refractivity contribution < 1.29 is 0 Å². The molecule has 1 N–H and O–H groups in total. The van der Waals surface area contributed by atoms with Crippen molar-refractivity contribution in [3.8, 4) is 0 Å². The summed E-state index contributed by atoms with van der Waals surface area (Å²) in [6.07, 6.45) is 10.4. The van der Waals surface area contributed by atoms with E-state index in [0.29, 0.717) is 6.17 Å². The summed E-state index contributed by atoms with van der Waals surface area (Å²) in [4.78, 5) is 4.42. The van der Waals surface area contributed by atoms with Gasteiger partial charge in [-0.25, -0.2) is 0 Å². The molecule has 2 nitrogen and oxygen atoms in total. The third-order valence-corrected chi connectivity index (χ3v) is 2.46. The first-order valence-electron chi connectivity index (χ1n) is 4.38. The lowest BCUT2D eigenvalue weighted by Crippen LogP contribution is -2.39. The fourth-order valence-electron chi connectivity index (χ4n) is 1.82. The summed E-state index contributed by atoms with van der Waals surface area (Å²) in [6, 6.07) is 0. The first kappa shape index (κ1) is 7.04. The van der Waals surface area contributed by atoms with Crippen LogP contribution >= 0.6 is 0 Å². The highest BCUT2D eigenvalue weighted by atomic mass is 15.1. The van der Waals surface area contributed by atoms with Crippen molar-refractivity contribution in [1.82, 2.24) is 5.32 Å². The van der Waals surface area contributed by atoms with Crippen LogP contribution in [0.5, 0.6) is 0 Å². The number of rotatable bonds is 0. The van der Waals surface area contributed by atoms with Crippen LogP contribution in [0, 0.1) is 5.92 Å². The number of hydrogen-bond acceptors (Lipinski definition) is 2. The van der Waals surface area contributed by atoms with E-state index in [-0.39, 0.29) is 0 Å². The van der Waals surface area contributed by atoms with Gasteiger partial charge in [0.05, 0.1) is 0 Å². The van der Waals surface area contributed by atoms with Gasteiger partial charge in [-0.1, -0.05) is 6.08 Å². The van der Waals surface area contributed by atoms with Crippen LogP contribution in [0.25, 0.3) is 0 Å². The first-order valence-corrected chi connectivity index (χ1v) is 4.38. The molecule has 1 saturated heterocycles. The topological polar surface area (TPSA) is 24.4 Å². The second-order valence-electron chi connectivity index (χ2n) is 3.26. The Morgan fingerprint density at radius 2 is 2.45 bits per heavy atom. The summed E-state index contributed by atoms with van der Waals surface area (Å²) in [5.74, 6) is 0.749. The van der Waals surface area contributed by atoms with E-state index in [0.717, 1.165) is 12.5 Å². The lowest BCUT2D eigenvalue weighted by Gasteiger charge is -2.28. The molecule has 0 aromatic heterocycles. The minimum Gasteiger partial charge on any atom is -0.296 e. The van der Waals surface area contributed by atoms with E-state index in [1.54, 1.807) is 0 Å². The number of nitrogens with one attached hydrogen (secondary N) is 1. The van der Waals surface area contributed by atoms with Crippen LogP contribution in [-0.4, -0.2) is 18.9 Å². The predicted octanol–water partition coefficient (Wildman–Crippen LogP) is 1.34. The van der Waals surface area contributed by atoms with Crippen molar-refractivity contribution >= 4 is 6.21 Å². The average Bonchev–Trinajstić information content (AvgIpc) is 2.28. The van der Waals surface area contributed by atoms with Crippen LogP contribution in [0.3, 0.4) is 0 Å². The van der Waals surface area contributed by atoms with Crippen LogP contribution in [0.1, 0.15) is 19.3 Å². The molecule has 2 aliphatic heterocycles. The summed E-state index contributed by atoms with van der Waals surface area (Å²) in [6.45, 7) is 1.14. The molecule has 0 aliphatic carbocycles. The van der Waals surface area contributed by atoms with Crippen LogP contribution in [0.2, 0.25) is 0 Å². The number of fused-ring (bicyclic) bond motifs is 1. The van der Waals surface area contributed by atoms with E-state index in [1.807, 2.05) is 6.21 Å². The fraction of sp³-hybridized carbons (Fsp3) is 0.667. The van der Waals surface area contributed by atoms with Crippen LogP contribution < -0.4 is 5.32 Å². The van der Waals surface area contributed by atoms with E-state index in [2.05, 4.69) is 22.5 Å². The lowest BCUT2D eigenvalue weighted by molar-refractivity contribution is 0.292. The van der Waals surface area contributed by atoms with E-state index < -0.39 is 0 Å². The predicted molar refractivity (Wildman–Crippen MR) is 46.8 cm³/mol. The zero-order valence-corrected chi connectivity index (χ0v) is 6.66. The Balaban J connectivity index is 2.07. The van der Waals surface area contributed by atoms with Gasteiger partial charge in [-0.2, -0.15) is 0 Å². The maximum atomic E-state index is 4.42. The van der Waals surface area contributed by atoms with Gasteiger partial charge < -0.3 is 0 Å². The molecule has 0 aromatic carbocycles. The van der Waals surface area contributed by atoms with E-state index in [4.69, 9.17) is 0 Å². The molecular weight excluding hydrogens is 136 g/mol. The molecule has 2 heteroatoms. The Morgan fingerprint density at radius 3 is 3.45 bits per heavy atom. The minimum absolute atomic E-state index is 0.402. The van der Waals surface area contributed by atoms with Crippen LogP contribution in [0.4, 0.5) is 0 Å². The molecule has 0 saturated carbocycles. The molecule has 2 rings (SSSR count). The smallest absolute Gasteiger partial charge is 0.103 e. The van der Waals surface area contributed by atoms with Gasteiger partial charge in [0.15, 0.2) is 0 Å². The summed E-state index contributed by atoms with van der Waals surface area (Å²) in [5, 5.41) is 3.42. The fourth-order valence-corrected chi connectivity index (χ4v) is 1.82. The molecular formula is C9H14N2. The van der Waals surface area contributed by atoms with Crippen molar-refractivity contribution in [2.24, 2.45) is 10.9 Å².